The average Bonchev–Trinajstić information content (AvgIpc) is 2.85. The molecule has 0 spiro atoms. The molecule has 0 aromatic carbocycles. The number of aliphatic hydroxyl groups is 1. The molecule has 39 heavy (non-hydrogen) atoms. The van der Waals surface area contributed by atoms with E-state index < -0.39 is 18.1 Å². The van der Waals surface area contributed by atoms with Gasteiger partial charge >= 0.3 is 12.1 Å². The second-order valence-corrected chi connectivity index (χ2v) is 10.7. The summed E-state index contributed by atoms with van der Waals surface area (Å²) in [6.07, 6.45) is 17.4. The lowest BCUT2D eigenvalue weighted by Gasteiger charge is -2.29. The first-order valence-corrected chi connectivity index (χ1v) is 13.7. The Hall–Kier alpha value is -3.19. The minimum Gasteiger partial charge on any atom is -0.455 e. The topological polar surface area (TPSA) is 116 Å². The van der Waals surface area contributed by atoms with Gasteiger partial charge in [0, 0.05) is 18.4 Å². The summed E-state index contributed by atoms with van der Waals surface area (Å²) in [5, 5.41) is 9.12. The van der Waals surface area contributed by atoms with E-state index in [1.54, 1.807) is 13.0 Å². The number of esters is 1. The van der Waals surface area contributed by atoms with Crippen LogP contribution in [0.4, 0.5) is 4.79 Å². The fourth-order valence-corrected chi connectivity index (χ4v) is 4.77. The van der Waals surface area contributed by atoms with Crippen molar-refractivity contribution in [1.29, 1.82) is 0 Å². The number of ether oxygens (including phenoxy) is 2. The van der Waals surface area contributed by atoms with Crippen LogP contribution in [-0.2, 0) is 19.1 Å². The summed E-state index contributed by atoms with van der Waals surface area (Å²) in [6.45, 7) is 13.5. The highest BCUT2D eigenvalue weighted by Gasteiger charge is 2.33. The van der Waals surface area contributed by atoms with E-state index in [1.165, 1.54) is 6.08 Å². The highest BCUT2D eigenvalue weighted by Crippen LogP contribution is 2.26. The highest BCUT2D eigenvalue weighted by atomic mass is 16.6. The number of hydrogen-bond acceptors (Lipinski definition) is 6. The Kier molecular flexibility index (Phi) is 15.1. The maximum absolute atomic E-state index is 13.2. The van der Waals surface area contributed by atoms with Gasteiger partial charge in [0.15, 0.2) is 0 Å². The summed E-state index contributed by atoms with van der Waals surface area (Å²) >= 11 is 0. The van der Waals surface area contributed by atoms with Crippen molar-refractivity contribution in [2.24, 2.45) is 29.4 Å². The fourth-order valence-electron chi connectivity index (χ4n) is 4.77. The summed E-state index contributed by atoms with van der Waals surface area (Å²) in [7, 11) is 0. The molecule has 1 amide bonds. The number of carbonyl (C=O) groups excluding carboxylic acids is 3. The van der Waals surface area contributed by atoms with Crippen LogP contribution in [0.15, 0.2) is 71.4 Å². The summed E-state index contributed by atoms with van der Waals surface area (Å²) in [5.41, 5.74) is 8.34. The number of cyclic esters (lactones) is 1. The van der Waals surface area contributed by atoms with E-state index in [2.05, 4.69) is 19.1 Å². The summed E-state index contributed by atoms with van der Waals surface area (Å²) in [4.78, 5) is 36.1. The van der Waals surface area contributed by atoms with Crippen LogP contribution >= 0.6 is 0 Å². The van der Waals surface area contributed by atoms with Crippen LogP contribution in [0.5, 0.6) is 0 Å². The van der Waals surface area contributed by atoms with E-state index in [-0.39, 0.29) is 36.3 Å². The Morgan fingerprint density at radius 3 is 2.41 bits per heavy atom. The van der Waals surface area contributed by atoms with Crippen LogP contribution in [-0.4, -0.2) is 41.8 Å². The van der Waals surface area contributed by atoms with Crippen molar-refractivity contribution in [2.75, 3.05) is 6.61 Å². The van der Waals surface area contributed by atoms with Crippen molar-refractivity contribution in [3.63, 3.8) is 0 Å². The van der Waals surface area contributed by atoms with Gasteiger partial charge in [-0.1, -0.05) is 86.9 Å². The van der Waals surface area contributed by atoms with E-state index in [1.807, 2.05) is 65.0 Å². The molecule has 0 bridgehead atoms. The number of carbonyl (C=O) groups is 3. The number of Topliss-reactive ketones (excluding diaryl/α,β-unsaturated/α-hetero) is 1. The van der Waals surface area contributed by atoms with Crippen LogP contribution in [0, 0.1) is 23.7 Å². The minimum atomic E-state index is -0.902. The third-order valence-corrected chi connectivity index (χ3v) is 6.70. The van der Waals surface area contributed by atoms with E-state index in [0.717, 1.165) is 23.1 Å². The van der Waals surface area contributed by atoms with Crippen molar-refractivity contribution in [3.8, 4) is 0 Å². The predicted octanol–water partition coefficient (Wildman–Crippen LogP) is 6.16. The molecule has 0 saturated carbocycles. The lowest BCUT2D eigenvalue weighted by molar-refractivity contribution is -0.141. The molecule has 7 nitrogen and oxygen atoms in total. The smallest absolute Gasteiger partial charge is 0.404 e. The van der Waals surface area contributed by atoms with Gasteiger partial charge in [-0.25, -0.2) is 9.59 Å². The summed E-state index contributed by atoms with van der Waals surface area (Å²) in [6, 6.07) is 0. The van der Waals surface area contributed by atoms with Crippen molar-refractivity contribution in [3.05, 3.63) is 71.4 Å². The van der Waals surface area contributed by atoms with Crippen molar-refractivity contribution in [2.45, 2.75) is 79.9 Å². The first kappa shape index (κ1) is 33.8. The molecule has 3 N–H and O–H groups in total. The molecule has 1 aliphatic rings. The minimum absolute atomic E-state index is 0.0255. The normalized spacial score (nSPS) is 21.0. The number of primary amides is 1. The van der Waals surface area contributed by atoms with Crippen LogP contribution < -0.4 is 5.73 Å². The molecule has 1 rings (SSSR count). The summed E-state index contributed by atoms with van der Waals surface area (Å²) in [5.74, 6) is -1.06. The standard InChI is InChI=1S/C32H47NO6/c1-21(18-23(3)14-15-28-12-9-13-29(35)38-28)10-8-11-22(2)19-25(5)30(36)27(7)31(39-32(33)37)26(6)20-24(4)16-17-34/h8-9,11,13-16,18-19,21,25-28,31,34H,10,12,17,20H2,1-7H3,(H2,33,37)/t21-,25-,26+,27-,28-,31-/m1/s1. The number of aliphatic hydroxyl groups excluding tert-OH is 1. The first-order chi connectivity index (χ1) is 18.3. The van der Waals surface area contributed by atoms with Gasteiger partial charge in [-0.3, -0.25) is 4.79 Å². The Morgan fingerprint density at radius 2 is 1.79 bits per heavy atom. The molecule has 0 unspecified atom stereocenters. The van der Waals surface area contributed by atoms with E-state index in [0.29, 0.717) is 18.8 Å². The van der Waals surface area contributed by atoms with E-state index >= 15 is 0 Å². The predicted molar refractivity (Wildman–Crippen MR) is 156 cm³/mol. The van der Waals surface area contributed by atoms with Crippen molar-refractivity contribution < 1.29 is 29.0 Å². The van der Waals surface area contributed by atoms with Gasteiger partial charge in [0.25, 0.3) is 0 Å². The third kappa shape index (κ3) is 13.4. The number of rotatable bonds is 15. The zero-order chi connectivity index (χ0) is 29.5. The molecule has 0 radical (unpaired) electrons. The average molecular weight is 542 g/mol. The zero-order valence-electron chi connectivity index (χ0n) is 24.6. The van der Waals surface area contributed by atoms with Gasteiger partial charge in [0.05, 0.1) is 12.5 Å². The molecular formula is C32H47NO6. The fraction of sp³-hybridized carbons (Fsp3) is 0.531. The maximum atomic E-state index is 13.2. The Balaban J connectivity index is 2.73. The lowest BCUT2D eigenvalue weighted by atomic mass is 9.82. The number of ketones is 1. The molecule has 0 aliphatic carbocycles. The third-order valence-electron chi connectivity index (χ3n) is 6.70. The van der Waals surface area contributed by atoms with Crippen molar-refractivity contribution in [1.82, 2.24) is 0 Å². The Labute approximate surface area is 234 Å². The van der Waals surface area contributed by atoms with Gasteiger partial charge < -0.3 is 20.3 Å². The van der Waals surface area contributed by atoms with Gasteiger partial charge in [0.2, 0.25) is 0 Å². The second kappa shape index (κ2) is 17.4. The molecule has 1 aliphatic heterocycles. The van der Waals surface area contributed by atoms with Gasteiger partial charge in [-0.2, -0.15) is 0 Å². The maximum Gasteiger partial charge on any atom is 0.404 e. The number of allylic oxidation sites excluding steroid dienone is 8. The first-order valence-electron chi connectivity index (χ1n) is 13.7. The SMILES string of the molecule is CC(C=CC[C@@H](C)C=C(C)C=C[C@H]1CC=CC(=O)O1)=C[C@@H](C)C(=O)[C@@H](C)[C@H](OC(N)=O)[C@@H](C)CC(C)=CCO. The summed E-state index contributed by atoms with van der Waals surface area (Å²) < 4.78 is 10.6. The Bertz CT molecular complexity index is 1020. The monoisotopic (exact) mass is 541 g/mol. The number of amides is 1. The quantitative estimate of drug-likeness (QED) is 0.146. The Morgan fingerprint density at radius 1 is 1.13 bits per heavy atom. The molecular weight excluding hydrogens is 494 g/mol. The van der Waals surface area contributed by atoms with Crippen LogP contribution in [0.3, 0.4) is 0 Å². The molecule has 6 atom stereocenters. The molecule has 0 aromatic heterocycles. The number of nitrogens with two attached hydrogens (primary N) is 1. The van der Waals surface area contributed by atoms with Crippen LogP contribution in [0.2, 0.25) is 0 Å². The molecule has 216 valence electrons. The largest absolute Gasteiger partial charge is 0.455 e. The highest BCUT2D eigenvalue weighted by molar-refractivity contribution is 5.85. The number of hydrogen-bond donors (Lipinski definition) is 2. The van der Waals surface area contributed by atoms with E-state index in [9.17, 15) is 14.4 Å². The van der Waals surface area contributed by atoms with Crippen LogP contribution in [0.1, 0.15) is 67.7 Å². The van der Waals surface area contributed by atoms with Crippen molar-refractivity contribution >= 4 is 17.8 Å². The molecule has 0 saturated heterocycles. The second-order valence-electron chi connectivity index (χ2n) is 10.7. The van der Waals surface area contributed by atoms with Gasteiger partial charge in [-0.15, -0.1) is 0 Å². The van der Waals surface area contributed by atoms with Gasteiger partial charge in [-0.05, 0) is 51.5 Å². The lowest BCUT2D eigenvalue weighted by Crippen LogP contribution is -2.39. The van der Waals surface area contributed by atoms with Crippen LogP contribution in [0.25, 0.3) is 0 Å². The zero-order valence-corrected chi connectivity index (χ0v) is 24.6. The molecule has 0 fully saturated rings. The van der Waals surface area contributed by atoms with Gasteiger partial charge in [0.1, 0.15) is 18.0 Å². The molecule has 7 heteroatoms. The van der Waals surface area contributed by atoms with E-state index in [4.69, 9.17) is 20.3 Å². The molecule has 1 heterocycles. The molecule has 0 aromatic rings.